The molecule has 0 aliphatic heterocycles. The Balaban J connectivity index is 2.26. The Labute approximate surface area is 128 Å². The number of benzene rings is 2. The summed E-state index contributed by atoms with van der Waals surface area (Å²) in [4.78, 5) is 12.3. The van der Waals surface area contributed by atoms with E-state index in [0.717, 1.165) is 5.56 Å². The van der Waals surface area contributed by atoms with Crippen molar-refractivity contribution in [2.24, 2.45) is 0 Å². The molecular weight excluding hydrogens is 290 g/mol. The molecule has 2 aromatic carbocycles. The highest BCUT2D eigenvalue weighted by atomic mass is 35.5. The molecule has 1 unspecified atom stereocenters. The molecule has 0 heterocycles. The zero-order chi connectivity index (χ0) is 15.5. The first-order chi connectivity index (χ1) is 9.96. The molecule has 0 saturated heterocycles. The maximum Gasteiger partial charge on any atom is 0.252 e. The third kappa shape index (κ3) is 3.35. The van der Waals surface area contributed by atoms with E-state index in [9.17, 15) is 15.0 Å². The summed E-state index contributed by atoms with van der Waals surface area (Å²) < 4.78 is 0. The van der Waals surface area contributed by atoms with Gasteiger partial charge in [0.15, 0.2) is 0 Å². The van der Waals surface area contributed by atoms with Gasteiger partial charge >= 0.3 is 0 Å². The van der Waals surface area contributed by atoms with Crippen LogP contribution in [-0.2, 0) is 5.54 Å². The molecule has 0 aromatic heterocycles. The molecule has 0 bridgehead atoms. The van der Waals surface area contributed by atoms with Crippen LogP contribution in [0, 0.1) is 0 Å². The van der Waals surface area contributed by atoms with Crippen LogP contribution in [0.5, 0.6) is 5.75 Å². The summed E-state index contributed by atoms with van der Waals surface area (Å²) in [5, 5.41) is 21.9. The van der Waals surface area contributed by atoms with Gasteiger partial charge in [0.1, 0.15) is 5.75 Å². The fourth-order valence-corrected chi connectivity index (χ4v) is 2.16. The molecule has 4 nitrogen and oxygen atoms in total. The number of amides is 1. The van der Waals surface area contributed by atoms with Crippen molar-refractivity contribution in [3.8, 4) is 5.75 Å². The van der Waals surface area contributed by atoms with E-state index >= 15 is 0 Å². The van der Waals surface area contributed by atoms with E-state index < -0.39 is 5.54 Å². The van der Waals surface area contributed by atoms with Crippen molar-refractivity contribution in [2.45, 2.75) is 12.5 Å². The number of nitrogens with one attached hydrogen (secondary N) is 1. The van der Waals surface area contributed by atoms with Crippen LogP contribution in [0.15, 0.2) is 48.5 Å². The molecule has 0 saturated carbocycles. The monoisotopic (exact) mass is 305 g/mol. The number of aromatic hydroxyl groups is 1. The van der Waals surface area contributed by atoms with Crippen LogP contribution in [0.1, 0.15) is 22.8 Å². The molecule has 0 aliphatic carbocycles. The van der Waals surface area contributed by atoms with Gasteiger partial charge in [0.25, 0.3) is 5.91 Å². The molecule has 0 aliphatic rings. The predicted molar refractivity (Wildman–Crippen MR) is 81.5 cm³/mol. The molecule has 1 atom stereocenters. The average Bonchev–Trinajstić information content (AvgIpc) is 2.50. The summed E-state index contributed by atoms with van der Waals surface area (Å²) in [6, 6.07) is 13.4. The lowest BCUT2D eigenvalue weighted by molar-refractivity contribution is 0.0849. The van der Waals surface area contributed by atoms with E-state index in [2.05, 4.69) is 5.32 Å². The minimum Gasteiger partial charge on any atom is -0.506 e. The third-order valence-electron chi connectivity index (χ3n) is 3.33. The normalized spacial score (nSPS) is 13.5. The van der Waals surface area contributed by atoms with E-state index in [1.165, 1.54) is 18.2 Å². The Morgan fingerprint density at radius 1 is 1.24 bits per heavy atom. The van der Waals surface area contributed by atoms with Crippen LogP contribution in [0.2, 0.25) is 5.02 Å². The Morgan fingerprint density at radius 3 is 2.48 bits per heavy atom. The molecule has 0 radical (unpaired) electrons. The van der Waals surface area contributed by atoms with Crippen molar-refractivity contribution in [2.75, 3.05) is 6.61 Å². The number of carbonyl (C=O) groups is 1. The minimum atomic E-state index is -0.900. The average molecular weight is 306 g/mol. The van der Waals surface area contributed by atoms with Gasteiger partial charge in [-0.25, -0.2) is 0 Å². The van der Waals surface area contributed by atoms with Crippen molar-refractivity contribution in [3.63, 3.8) is 0 Å². The summed E-state index contributed by atoms with van der Waals surface area (Å²) in [7, 11) is 0. The lowest BCUT2D eigenvalue weighted by atomic mass is 9.92. The van der Waals surface area contributed by atoms with Crippen LogP contribution >= 0.6 is 11.6 Å². The first-order valence-corrected chi connectivity index (χ1v) is 6.81. The minimum absolute atomic E-state index is 0.0822. The van der Waals surface area contributed by atoms with Crippen molar-refractivity contribution in [1.82, 2.24) is 5.32 Å². The fraction of sp³-hybridized carbons (Fsp3) is 0.188. The largest absolute Gasteiger partial charge is 0.506 e. The van der Waals surface area contributed by atoms with E-state index in [-0.39, 0.29) is 23.3 Å². The second-order valence-electron chi connectivity index (χ2n) is 4.98. The van der Waals surface area contributed by atoms with Crippen molar-refractivity contribution >= 4 is 17.5 Å². The second kappa shape index (κ2) is 6.16. The van der Waals surface area contributed by atoms with Gasteiger partial charge < -0.3 is 15.5 Å². The van der Waals surface area contributed by atoms with Gasteiger partial charge in [-0.05, 0) is 30.7 Å². The number of halogens is 1. The SMILES string of the molecule is CC(CO)(NC(=O)c1ccc(O)c(Cl)c1)c1ccccc1. The van der Waals surface area contributed by atoms with Crippen LogP contribution < -0.4 is 5.32 Å². The summed E-state index contributed by atoms with van der Waals surface area (Å²) in [5.41, 5.74) is 0.210. The molecule has 5 heteroatoms. The van der Waals surface area contributed by atoms with Crippen molar-refractivity contribution in [3.05, 3.63) is 64.7 Å². The molecular formula is C16H16ClNO3. The van der Waals surface area contributed by atoms with Gasteiger partial charge in [-0.15, -0.1) is 0 Å². The van der Waals surface area contributed by atoms with Gasteiger partial charge in [0.05, 0.1) is 17.2 Å². The van der Waals surface area contributed by atoms with Crippen LogP contribution in [0.4, 0.5) is 0 Å². The molecule has 2 aromatic rings. The topological polar surface area (TPSA) is 69.6 Å². The molecule has 0 fully saturated rings. The zero-order valence-electron chi connectivity index (χ0n) is 11.5. The molecule has 21 heavy (non-hydrogen) atoms. The van der Waals surface area contributed by atoms with E-state index in [1.54, 1.807) is 6.92 Å². The van der Waals surface area contributed by atoms with Crippen molar-refractivity contribution < 1.29 is 15.0 Å². The highest BCUT2D eigenvalue weighted by Gasteiger charge is 2.28. The van der Waals surface area contributed by atoms with Gasteiger partial charge in [-0.3, -0.25) is 4.79 Å². The highest BCUT2D eigenvalue weighted by Crippen LogP contribution is 2.25. The smallest absolute Gasteiger partial charge is 0.252 e. The Morgan fingerprint density at radius 2 is 1.90 bits per heavy atom. The van der Waals surface area contributed by atoms with Gasteiger partial charge in [-0.2, -0.15) is 0 Å². The maximum absolute atomic E-state index is 12.3. The van der Waals surface area contributed by atoms with E-state index in [0.29, 0.717) is 5.56 Å². The van der Waals surface area contributed by atoms with Gasteiger partial charge in [0.2, 0.25) is 0 Å². The Hall–Kier alpha value is -2.04. The fourth-order valence-electron chi connectivity index (χ4n) is 1.98. The molecule has 3 N–H and O–H groups in total. The van der Waals surface area contributed by atoms with E-state index in [4.69, 9.17) is 11.6 Å². The number of rotatable bonds is 4. The lowest BCUT2D eigenvalue weighted by Gasteiger charge is -2.29. The van der Waals surface area contributed by atoms with E-state index in [1.807, 2.05) is 30.3 Å². The van der Waals surface area contributed by atoms with Crippen molar-refractivity contribution in [1.29, 1.82) is 0 Å². The highest BCUT2D eigenvalue weighted by molar-refractivity contribution is 6.32. The van der Waals surface area contributed by atoms with Crippen LogP contribution in [-0.4, -0.2) is 22.7 Å². The Kier molecular flexibility index (Phi) is 4.50. The Bertz CT molecular complexity index is 645. The number of aliphatic hydroxyl groups excluding tert-OH is 1. The van der Waals surface area contributed by atoms with Crippen LogP contribution in [0.25, 0.3) is 0 Å². The number of phenols is 1. The number of hydrogen-bond donors (Lipinski definition) is 3. The first-order valence-electron chi connectivity index (χ1n) is 6.44. The molecule has 0 spiro atoms. The zero-order valence-corrected chi connectivity index (χ0v) is 12.3. The number of hydrogen-bond acceptors (Lipinski definition) is 3. The van der Waals surface area contributed by atoms with Gasteiger partial charge in [0, 0.05) is 5.56 Å². The molecule has 1 amide bonds. The number of carbonyl (C=O) groups excluding carboxylic acids is 1. The lowest BCUT2D eigenvalue weighted by Crippen LogP contribution is -2.46. The first kappa shape index (κ1) is 15.4. The predicted octanol–water partition coefficient (Wildman–Crippen LogP) is 2.68. The summed E-state index contributed by atoms with van der Waals surface area (Å²) in [6.07, 6.45) is 0. The van der Waals surface area contributed by atoms with Gasteiger partial charge in [-0.1, -0.05) is 41.9 Å². The van der Waals surface area contributed by atoms with Crippen LogP contribution in [0.3, 0.4) is 0 Å². The summed E-state index contributed by atoms with van der Waals surface area (Å²) >= 11 is 5.80. The molecule has 2 rings (SSSR count). The number of phenolic OH excluding ortho intramolecular Hbond substituents is 1. The quantitative estimate of drug-likeness (QED) is 0.813. The number of aliphatic hydroxyl groups is 1. The second-order valence-corrected chi connectivity index (χ2v) is 5.38. The molecule has 110 valence electrons. The third-order valence-corrected chi connectivity index (χ3v) is 3.63. The maximum atomic E-state index is 12.3. The summed E-state index contributed by atoms with van der Waals surface area (Å²) in [6.45, 7) is 1.50. The summed E-state index contributed by atoms with van der Waals surface area (Å²) in [5.74, 6) is -0.460. The standard InChI is InChI=1S/C16H16ClNO3/c1-16(10-19,12-5-3-2-4-6-12)18-15(21)11-7-8-14(20)13(17)9-11/h2-9,19-20H,10H2,1H3,(H,18,21).